The highest BCUT2D eigenvalue weighted by atomic mass is 17.0. The quantitative estimate of drug-likeness (QED) is 0.389. The van der Waals surface area contributed by atoms with E-state index in [4.69, 9.17) is 26.4 Å². The molecular formula is C15H23N5O4. The van der Waals surface area contributed by atoms with Crippen molar-refractivity contribution in [3.05, 3.63) is 11.1 Å². The number of rotatable bonds is 7. The first kappa shape index (κ1) is 19.4. The van der Waals surface area contributed by atoms with Gasteiger partial charge in [-0.1, -0.05) is 20.3 Å². The molecule has 1 aliphatic heterocycles. The van der Waals surface area contributed by atoms with E-state index in [1.165, 1.54) is 0 Å². The SMILES string of the molecule is CC(C)CN=C(N)N1OC(=O)C(C#N)=C(CCCCCN)C(=O)O1. The molecule has 0 unspecified atom stereocenters. The number of nitrogens with zero attached hydrogens (tertiary/aromatic N) is 3. The first-order valence-electron chi connectivity index (χ1n) is 7.78. The Morgan fingerprint density at radius 1 is 1.25 bits per heavy atom. The van der Waals surface area contributed by atoms with Crippen molar-refractivity contribution in [1.82, 2.24) is 5.23 Å². The highest BCUT2D eigenvalue weighted by molar-refractivity contribution is 6.04. The molecule has 1 aliphatic rings. The zero-order valence-corrected chi connectivity index (χ0v) is 13.9. The summed E-state index contributed by atoms with van der Waals surface area (Å²) in [7, 11) is 0. The number of nitrogens with two attached hydrogens (primary N) is 2. The van der Waals surface area contributed by atoms with Crippen molar-refractivity contribution < 1.29 is 19.3 Å². The highest BCUT2D eigenvalue weighted by Gasteiger charge is 2.33. The minimum absolute atomic E-state index is 0.0290. The smallest absolute Gasteiger partial charge is 0.364 e. The molecule has 0 fully saturated rings. The van der Waals surface area contributed by atoms with E-state index in [1.54, 1.807) is 6.07 Å². The third kappa shape index (κ3) is 5.55. The van der Waals surface area contributed by atoms with Gasteiger partial charge in [0.2, 0.25) is 0 Å². The number of hydrogen-bond acceptors (Lipinski definition) is 7. The molecule has 0 aliphatic carbocycles. The van der Waals surface area contributed by atoms with Crippen LogP contribution in [0.25, 0.3) is 0 Å². The molecule has 0 radical (unpaired) electrons. The van der Waals surface area contributed by atoms with Crippen LogP contribution in [0.5, 0.6) is 0 Å². The lowest BCUT2D eigenvalue weighted by Gasteiger charge is -2.17. The molecule has 0 aromatic carbocycles. The molecule has 9 heteroatoms. The predicted molar refractivity (Wildman–Crippen MR) is 85.5 cm³/mol. The minimum atomic E-state index is -1.00. The maximum Gasteiger partial charge on any atom is 0.378 e. The Morgan fingerprint density at radius 2 is 1.92 bits per heavy atom. The zero-order chi connectivity index (χ0) is 18.1. The van der Waals surface area contributed by atoms with Crippen LogP contribution in [0, 0.1) is 17.2 Å². The molecule has 24 heavy (non-hydrogen) atoms. The summed E-state index contributed by atoms with van der Waals surface area (Å²) in [4.78, 5) is 38.0. The van der Waals surface area contributed by atoms with Crippen molar-refractivity contribution in [3.63, 3.8) is 0 Å². The van der Waals surface area contributed by atoms with Gasteiger partial charge in [0, 0.05) is 11.8 Å². The molecule has 1 rings (SSSR count). The van der Waals surface area contributed by atoms with Crippen LogP contribution in [0.2, 0.25) is 0 Å². The second-order valence-corrected chi connectivity index (χ2v) is 5.67. The fourth-order valence-corrected chi connectivity index (χ4v) is 1.89. The normalized spacial score (nSPS) is 16.0. The topological polar surface area (TPSA) is 144 Å². The summed E-state index contributed by atoms with van der Waals surface area (Å²) in [6.45, 7) is 4.74. The second-order valence-electron chi connectivity index (χ2n) is 5.67. The number of carbonyl (C=O) groups is 2. The van der Waals surface area contributed by atoms with E-state index in [9.17, 15) is 9.59 Å². The van der Waals surface area contributed by atoms with Crippen LogP contribution < -0.4 is 11.5 Å². The van der Waals surface area contributed by atoms with Gasteiger partial charge in [-0.15, -0.1) is 0 Å². The Labute approximate surface area is 140 Å². The number of hydroxylamine groups is 2. The molecule has 9 nitrogen and oxygen atoms in total. The maximum absolute atomic E-state index is 12.2. The standard InChI is InChI=1S/C15H23N5O4/c1-10(2)9-19-15(18)20-23-13(21)11(6-4-3-5-7-16)12(8-17)14(22)24-20/h10H,3-7,9,16H2,1-2H3,(H2,18,19). The second kappa shape index (κ2) is 9.52. The van der Waals surface area contributed by atoms with E-state index in [0.29, 0.717) is 24.7 Å². The summed E-state index contributed by atoms with van der Waals surface area (Å²) in [6.07, 6.45) is 2.36. The minimum Gasteiger partial charge on any atom is -0.364 e. The van der Waals surface area contributed by atoms with E-state index in [-0.39, 0.29) is 29.4 Å². The molecular weight excluding hydrogens is 314 g/mol. The Bertz CT molecular complexity index is 577. The number of aliphatic imine (C=N–C) groups is 1. The lowest BCUT2D eigenvalue weighted by molar-refractivity contribution is -0.275. The van der Waals surface area contributed by atoms with Gasteiger partial charge in [0.15, 0.2) is 0 Å². The average Bonchev–Trinajstić information content (AvgIpc) is 2.65. The van der Waals surface area contributed by atoms with Crippen molar-refractivity contribution in [2.75, 3.05) is 13.1 Å². The molecule has 0 aromatic rings. The fourth-order valence-electron chi connectivity index (χ4n) is 1.89. The molecule has 0 amide bonds. The number of hydrogen-bond donors (Lipinski definition) is 2. The van der Waals surface area contributed by atoms with Crippen LogP contribution >= 0.6 is 0 Å². The third-order valence-electron chi connectivity index (χ3n) is 3.13. The Balaban J connectivity index is 2.91. The summed E-state index contributed by atoms with van der Waals surface area (Å²) in [5, 5.41) is 9.62. The number of guanidine groups is 1. The van der Waals surface area contributed by atoms with Crippen LogP contribution in [0.15, 0.2) is 16.1 Å². The fraction of sp³-hybridized carbons (Fsp3) is 0.600. The molecule has 1 heterocycles. The number of carbonyl (C=O) groups excluding carboxylic acids is 2. The van der Waals surface area contributed by atoms with E-state index < -0.39 is 11.9 Å². The third-order valence-corrected chi connectivity index (χ3v) is 3.13. The Kier molecular flexibility index (Phi) is 7.71. The van der Waals surface area contributed by atoms with Gasteiger partial charge in [-0.2, -0.15) is 5.26 Å². The van der Waals surface area contributed by atoms with E-state index in [0.717, 1.165) is 12.8 Å². The van der Waals surface area contributed by atoms with Crippen LogP contribution in [-0.4, -0.2) is 36.2 Å². The predicted octanol–water partition coefficient (Wildman–Crippen LogP) is 0.528. The van der Waals surface area contributed by atoms with Gasteiger partial charge in [-0.3, -0.25) is 9.68 Å². The molecule has 0 aromatic heterocycles. The number of unbranched alkanes of at least 4 members (excludes halogenated alkanes) is 2. The van der Waals surface area contributed by atoms with Crippen molar-refractivity contribution >= 4 is 17.9 Å². The molecule has 0 saturated heterocycles. The van der Waals surface area contributed by atoms with Gasteiger partial charge >= 0.3 is 11.9 Å². The maximum atomic E-state index is 12.2. The summed E-state index contributed by atoms with van der Waals surface area (Å²) < 4.78 is 0. The number of nitriles is 1. The van der Waals surface area contributed by atoms with Gasteiger partial charge < -0.3 is 11.5 Å². The largest absolute Gasteiger partial charge is 0.378 e. The Hall–Kier alpha value is -2.60. The van der Waals surface area contributed by atoms with Crippen LogP contribution in [0.1, 0.15) is 39.5 Å². The van der Waals surface area contributed by atoms with E-state index in [1.807, 2.05) is 13.8 Å². The molecule has 0 saturated carbocycles. The van der Waals surface area contributed by atoms with Gasteiger partial charge in [0.25, 0.3) is 5.96 Å². The molecule has 0 atom stereocenters. The Morgan fingerprint density at radius 3 is 2.50 bits per heavy atom. The van der Waals surface area contributed by atoms with Crippen molar-refractivity contribution in [2.45, 2.75) is 39.5 Å². The van der Waals surface area contributed by atoms with Crippen molar-refractivity contribution in [2.24, 2.45) is 22.4 Å². The monoisotopic (exact) mass is 337 g/mol. The van der Waals surface area contributed by atoms with Crippen molar-refractivity contribution in [3.8, 4) is 6.07 Å². The van der Waals surface area contributed by atoms with Gasteiger partial charge in [-0.25, -0.2) is 14.6 Å². The zero-order valence-electron chi connectivity index (χ0n) is 13.9. The first-order chi connectivity index (χ1) is 11.4. The molecule has 0 bridgehead atoms. The molecule has 4 N–H and O–H groups in total. The highest BCUT2D eigenvalue weighted by Crippen LogP contribution is 2.20. The summed E-state index contributed by atoms with van der Waals surface area (Å²) >= 11 is 0. The molecule has 132 valence electrons. The first-order valence-corrected chi connectivity index (χ1v) is 7.78. The molecule has 0 spiro atoms. The van der Waals surface area contributed by atoms with Crippen LogP contribution in [0.3, 0.4) is 0 Å². The summed E-state index contributed by atoms with van der Waals surface area (Å²) in [5.41, 5.74) is 10.7. The average molecular weight is 337 g/mol. The lowest BCUT2D eigenvalue weighted by Crippen LogP contribution is -2.39. The summed E-state index contributed by atoms with van der Waals surface area (Å²) in [5.74, 6) is -1.91. The van der Waals surface area contributed by atoms with Crippen LogP contribution in [0.4, 0.5) is 0 Å². The van der Waals surface area contributed by atoms with E-state index in [2.05, 4.69) is 4.99 Å². The van der Waals surface area contributed by atoms with Gasteiger partial charge in [-0.05, 0) is 31.7 Å². The summed E-state index contributed by atoms with van der Waals surface area (Å²) in [6, 6.07) is 1.70. The lowest BCUT2D eigenvalue weighted by atomic mass is 10.0. The van der Waals surface area contributed by atoms with E-state index >= 15 is 0 Å². The van der Waals surface area contributed by atoms with Crippen LogP contribution in [-0.2, 0) is 19.3 Å². The van der Waals surface area contributed by atoms with Crippen molar-refractivity contribution in [1.29, 1.82) is 5.26 Å². The van der Waals surface area contributed by atoms with Gasteiger partial charge in [0.1, 0.15) is 11.6 Å². The van der Waals surface area contributed by atoms with Gasteiger partial charge in [0.05, 0.1) is 5.57 Å².